The average Bonchev–Trinajstić information content (AvgIpc) is 3.03. The topological polar surface area (TPSA) is 29.1 Å². The van der Waals surface area contributed by atoms with Crippen LogP contribution in [-0.2, 0) is 4.79 Å². The second kappa shape index (κ2) is 5.20. The molecule has 2 aliphatic rings. The van der Waals surface area contributed by atoms with E-state index in [1.54, 1.807) is 0 Å². The number of carbonyl (C=O) groups excluding carboxylic acids is 1. The van der Waals surface area contributed by atoms with Gasteiger partial charge >= 0.3 is 0 Å². The summed E-state index contributed by atoms with van der Waals surface area (Å²) in [6.07, 6.45) is 9.15. The maximum atomic E-state index is 12.3. The van der Waals surface area contributed by atoms with Gasteiger partial charge in [0.25, 0.3) is 0 Å². The average molecular weight is 255 g/mol. The van der Waals surface area contributed by atoms with Crippen molar-refractivity contribution in [2.75, 3.05) is 5.32 Å². The molecule has 0 saturated heterocycles. The van der Waals surface area contributed by atoms with E-state index in [-0.39, 0.29) is 11.8 Å². The molecule has 1 aromatic rings. The van der Waals surface area contributed by atoms with Crippen LogP contribution in [0.15, 0.2) is 36.4 Å². The molecule has 0 bridgehead atoms. The predicted octanol–water partition coefficient (Wildman–Crippen LogP) is 3.93. The Morgan fingerprint density at radius 3 is 2.21 bits per heavy atom. The van der Waals surface area contributed by atoms with Crippen molar-refractivity contribution < 1.29 is 4.79 Å². The molecule has 0 heterocycles. The Morgan fingerprint density at radius 1 is 1.05 bits per heavy atom. The third-order valence-corrected chi connectivity index (χ3v) is 4.45. The Labute approximate surface area is 114 Å². The molecule has 2 heteroatoms. The van der Waals surface area contributed by atoms with Crippen LogP contribution in [0.5, 0.6) is 0 Å². The van der Waals surface area contributed by atoms with Gasteiger partial charge in [0.2, 0.25) is 5.91 Å². The summed E-state index contributed by atoms with van der Waals surface area (Å²) in [4.78, 5) is 12.3. The summed E-state index contributed by atoms with van der Waals surface area (Å²) in [5, 5.41) is 3.07. The minimum Gasteiger partial charge on any atom is -0.326 e. The van der Waals surface area contributed by atoms with Crippen LogP contribution in [-0.4, -0.2) is 5.91 Å². The SMILES string of the molecule is Cc1ccc(NC(=O)C2[C@H]3CC/C=C\CC[C@@H]23)cc1. The highest BCUT2D eigenvalue weighted by Gasteiger charge is 2.53. The Balaban J connectivity index is 1.61. The van der Waals surface area contributed by atoms with Crippen LogP contribution in [0, 0.1) is 24.7 Å². The Bertz CT molecular complexity index is 472. The van der Waals surface area contributed by atoms with E-state index in [0.717, 1.165) is 18.5 Å². The van der Waals surface area contributed by atoms with Gasteiger partial charge in [-0.15, -0.1) is 0 Å². The highest BCUT2D eigenvalue weighted by Crippen LogP contribution is 2.53. The molecule has 19 heavy (non-hydrogen) atoms. The minimum atomic E-state index is 0.223. The van der Waals surface area contributed by atoms with Crippen molar-refractivity contribution in [2.45, 2.75) is 32.6 Å². The van der Waals surface area contributed by atoms with Gasteiger partial charge in [-0.05, 0) is 56.6 Å². The summed E-state index contributed by atoms with van der Waals surface area (Å²) in [5.74, 6) is 1.72. The zero-order chi connectivity index (χ0) is 13.2. The molecule has 1 N–H and O–H groups in total. The van der Waals surface area contributed by atoms with Crippen molar-refractivity contribution in [3.63, 3.8) is 0 Å². The fourth-order valence-corrected chi connectivity index (χ4v) is 3.30. The molecule has 1 saturated carbocycles. The molecule has 0 spiro atoms. The molecular formula is C17H21NO. The quantitative estimate of drug-likeness (QED) is 0.797. The molecule has 2 nitrogen and oxygen atoms in total. The molecule has 3 rings (SSSR count). The zero-order valence-electron chi connectivity index (χ0n) is 11.4. The first kappa shape index (κ1) is 12.5. The molecule has 1 unspecified atom stereocenters. The van der Waals surface area contributed by atoms with Crippen LogP contribution in [0.3, 0.4) is 0 Å². The summed E-state index contributed by atoms with van der Waals surface area (Å²) >= 11 is 0. The fourth-order valence-electron chi connectivity index (χ4n) is 3.30. The fraction of sp³-hybridized carbons (Fsp3) is 0.471. The van der Waals surface area contributed by atoms with Gasteiger partial charge in [-0.25, -0.2) is 0 Å². The van der Waals surface area contributed by atoms with Crippen molar-refractivity contribution in [1.82, 2.24) is 0 Å². The van der Waals surface area contributed by atoms with E-state index >= 15 is 0 Å². The van der Waals surface area contributed by atoms with Gasteiger partial charge in [0, 0.05) is 11.6 Å². The standard InChI is InChI=1S/C17H21NO/c1-12-8-10-13(11-9-12)18-17(19)16-14-6-4-2-3-5-7-15(14)16/h2-3,8-11,14-16H,4-7H2,1H3,(H,18,19)/b3-2-/t14-,15+,16?. The first-order valence-electron chi connectivity index (χ1n) is 7.28. The Morgan fingerprint density at radius 2 is 1.63 bits per heavy atom. The number of hydrogen-bond donors (Lipinski definition) is 1. The number of anilines is 1. The van der Waals surface area contributed by atoms with Gasteiger partial charge in [0.15, 0.2) is 0 Å². The highest BCUT2D eigenvalue weighted by atomic mass is 16.2. The van der Waals surface area contributed by atoms with Crippen LogP contribution in [0.25, 0.3) is 0 Å². The van der Waals surface area contributed by atoms with E-state index in [1.807, 2.05) is 24.3 Å². The lowest BCUT2D eigenvalue weighted by Gasteiger charge is -2.05. The number of aryl methyl sites for hydroxylation is 1. The van der Waals surface area contributed by atoms with Crippen LogP contribution in [0.4, 0.5) is 5.69 Å². The van der Waals surface area contributed by atoms with Gasteiger partial charge in [-0.1, -0.05) is 29.8 Å². The van der Waals surface area contributed by atoms with Crippen LogP contribution in [0.2, 0.25) is 0 Å². The smallest absolute Gasteiger partial charge is 0.228 e. The maximum absolute atomic E-state index is 12.3. The molecular weight excluding hydrogens is 234 g/mol. The van der Waals surface area contributed by atoms with E-state index in [1.165, 1.54) is 18.4 Å². The number of fused-ring (bicyclic) bond motifs is 1. The number of benzene rings is 1. The third-order valence-electron chi connectivity index (χ3n) is 4.45. The van der Waals surface area contributed by atoms with E-state index in [9.17, 15) is 4.79 Å². The molecule has 3 atom stereocenters. The number of rotatable bonds is 2. The van der Waals surface area contributed by atoms with Gasteiger partial charge < -0.3 is 5.32 Å². The second-order valence-electron chi connectivity index (χ2n) is 5.83. The third kappa shape index (κ3) is 2.73. The van der Waals surface area contributed by atoms with E-state index in [0.29, 0.717) is 11.8 Å². The first-order chi connectivity index (χ1) is 9.25. The van der Waals surface area contributed by atoms with E-state index in [2.05, 4.69) is 24.4 Å². The number of amides is 1. The maximum Gasteiger partial charge on any atom is 0.228 e. The molecule has 0 aromatic heterocycles. The van der Waals surface area contributed by atoms with Gasteiger partial charge in [0.1, 0.15) is 0 Å². The highest BCUT2D eigenvalue weighted by molar-refractivity contribution is 5.94. The van der Waals surface area contributed by atoms with Crippen LogP contribution >= 0.6 is 0 Å². The van der Waals surface area contributed by atoms with Crippen molar-refractivity contribution in [3.8, 4) is 0 Å². The molecule has 1 fully saturated rings. The van der Waals surface area contributed by atoms with Crippen LogP contribution < -0.4 is 5.32 Å². The molecule has 1 amide bonds. The summed E-state index contributed by atoms with van der Waals surface area (Å²) in [6, 6.07) is 8.05. The summed E-state index contributed by atoms with van der Waals surface area (Å²) in [7, 11) is 0. The minimum absolute atomic E-state index is 0.223. The number of hydrogen-bond acceptors (Lipinski definition) is 1. The molecule has 0 radical (unpaired) electrons. The summed E-state index contributed by atoms with van der Waals surface area (Å²) in [5.41, 5.74) is 2.14. The molecule has 1 aromatic carbocycles. The predicted molar refractivity (Wildman–Crippen MR) is 77.9 cm³/mol. The van der Waals surface area contributed by atoms with Gasteiger partial charge in [-0.3, -0.25) is 4.79 Å². The Kier molecular flexibility index (Phi) is 3.41. The first-order valence-corrected chi connectivity index (χ1v) is 7.28. The number of nitrogens with one attached hydrogen (secondary N) is 1. The van der Waals surface area contributed by atoms with Gasteiger partial charge in [0.05, 0.1) is 0 Å². The summed E-state index contributed by atoms with van der Waals surface area (Å²) in [6.45, 7) is 2.06. The monoisotopic (exact) mass is 255 g/mol. The second-order valence-corrected chi connectivity index (χ2v) is 5.83. The number of allylic oxidation sites excluding steroid dienone is 2. The lowest BCUT2D eigenvalue weighted by molar-refractivity contribution is -0.117. The summed E-state index contributed by atoms with van der Waals surface area (Å²) < 4.78 is 0. The lowest BCUT2D eigenvalue weighted by Crippen LogP contribution is -2.15. The molecule has 100 valence electrons. The molecule has 2 aliphatic carbocycles. The normalized spacial score (nSPS) is 30.7. The number of carbonyl (C=O) groups is 1. The van der Waals surface area contributed by atoms with Crippen molar-refractivity contribution in [1.29, 1.82) is 0 Å². The molecule has 0 aliphatic heterocycles. The van der Waals surface area contributed by atoms with Crippen LogP contribution in [0.1, 0.15) is 31.2 Å². The van der Waals surface area contributed by atoms with Gasteiger partial charge in [-0.2, -0.15) is 0 Å². The van der Waals surface area contributed by atoms with E-state index in [4.69, 9.17) is 0 Å². The van der Waals surface area contributed by atoms with Crippen molar-refractivity contribution in [3.05, 3.63) is 42.0 Å². The van der Waals surface area contributed by atoms with E-state index < -0.39 is 0 Å². The lowest BCUT2D eigenvalue weighted by atomic mass is 10.1. The van der Waals surface area contributed by atoms with Crippen molar-refractivity contribution in [2.24, 2.45) is 17.8 Å². The van der Waals surface area contributed by atoms with Crippen molar-refractivity contribution >= 4 is 11.6 Å². The Hall–Kier alpha value is -1.57. The zero-order valence-corrected chi connectivity index (χ0v) is 11.4. The largest absolute Gasteiger partial charge is 0.326 e.